The Balaban J connectivity index is 2.64. The van der Waals surface area contributed by atoms with Crippen molar-refractivity contribution in [3.8, 4) is 5.75 Å². The highest BCUT2D eigenvalue weighted by Crippen LogP contribution is 2.21. The Labute approximate surface area is 99.4 Å². The summed E-state index contributed by atoms with van der Waals surface area (Å²) in [7, 11) is 0. The van der Waals surface area contributed by atoms with E-state index in [1.54, 1.807) is 0 Å². The number of carbonyl (C=O) groups excluding carboxylic acids is 2. The van der Waals surface area contributed by atoms with Crippen molar-refractivity contribution >= 4 is 23.9 Å². The molecule has 1 aromatic carbocycles. The summed E-state index contributed by atoms with van der Waals surface area (Å²) in [6.07, 6.45) is 2.37. The average Bonchev–Trinajstić information content (AvgIpc) is 2.26. The fraction of sp³-hybridized carbons (Fsp3) is 0.250. The smallest absolute Gasteiger partial charge is 0.311 e. The van der Waals surface area contributed by atoms with E-state index >= 15 is 0 Å². The van der Waals surface area contributed by atoms with Crippen molar-refractivity contribution in [2.45, 2.75) is 19.3 Å². The fourth-order valence-electron chi connectivity index (χ4n) is 1.12. The highest BCUT2D eigenvalue weighted by Gasteiger charge is 2.06. The molecule has 0 amide bonds. The topological polar surface area (TPSA) is 43.4 Å². The number of rotatable bonds is 5. The van der Waals surface area contributed by atoms with Crippen LogP contribution >= 0.6 is 11.6 Å². The molecule has 1 radical (unpaired) electrons. The van der Waals surface area contributed by atoms with Crippen LogP contribution in [0.1, 0.15) is 29.6 Å². The molecule has 0 saturated carbocycles. The minimum Gasteiger partial charge on any atom is -0.426 e. The fourth-order valence-corrected chi connectivity index (χ4v) is 1.33. The van der Waals surface area contributed by atoms with Gasteiger partial charge in [-0.25, -0.2) is 0 Å². The molecule has 0 aliphatic carbocycles. The molecule has 0 unspecified atom stereocenters. The van der Waals surface area contributed by atoms with Gasteiger partial charge in [0.25, 0.3) is 0 Å². The third-order valence-corrected chi connectivity index (χ3v) is 2.29. The lowest BCUT2D eigenvalue weighted by Crippen LogP contribution is -2.07. The minimum absolute atomic E-state index is 0.275. The summed E-state index contributed by atoms with van der Waals surface area (Å²) in [4.78, 5) is 21.8. The maximum Gasteiger partial charge on any atom is 0.311 e. The second-order valence-corrected chi connectivity index (χ2v) is 3.64. The number of ether oxygens (including phenoxy) is 1. The molecular weight excluding hydrogens is 228 g/mol. The Kier molecular flexibility index (Phi) is 4.99. The third kappa shape index (κ3) is 3.66. The molecule has 0 atom stereocenters. The van der Waals surface area contributed by atoms with Crippen molar-refractivity contribution < 1.29 is 14.3 Å². The molecule has 0 fully saturated rings. The first-order chi connectivity index (χ1) is 7.67. The third-order valence-electron chi connectivity index (χ3n) is 1.96. The number of benzene rings is 1. The summed E-state index contributed by atoms with van der Waals surface area (Å²) in [5, 5.41) is 0.275. The molecule has 0 aliphatic heterocycles. The van der Waals surface area contributed by atoms with E-state index in [-0.39, 0.29) is 11.0 Å². The molecule has 0 aromatic heterocycles. The first-order valence-electron chi connectivity index (χ1n) is 4.92. The van der Waals surface area contributed by atoms with Gasteiger partial charge in [0.2, 0.25) is 0 Å². The van der Waals surface area contributed by atoms with Crippen LogP contribution < -0.4 is 4.74 Å². The van der Waals surface area contributed by atoms with Gasteiger partial charge < -0.3 is 4.74 Å². The number of hydrogen-bond acceptors (Lipinski definition) is 3. The minimum atomic E-state index is -0.321. The summed E-state index contributed by atoms with van der Waals surface area (Å²) in [6, 6.07) is 4.50. The zero-order chi connectivity index (χ0) is 12.0. The van der Waals surface area contributed by atoms with Crippen molar-refractivity contribution in [3.05, 3.63) is 35.7 Å². The van der Waals surface area contributed by atoms with E-state index in [1.807, 2.05) is 0 Å². The maximum absolute atomic E-state index is 11.3. The molecule has 1 rings (SSSR count). The van der Waals surface area contributed by atoms with E-state index < -0.39 is 0 Å². The molecule has 16 heavy (non-hydrogen) atoms. The molecular formula is C12H12ClO3. The summed E-state index contributed by atoms with van der Waals surface area (Å²) in [6.45, 7) is 3.63. The summed E-state index contributed by atoms with van der Waals surface area (Å²) >= 11 is 5.78. The number of hydrogen-bond donors (Lipinski definition) is 0. The quantitative estimate of drug-likeness (QED) is 0.451. The molecule has 0 N–H and O–H groups in total. The molecule has 3 nitrogen and oxygen atoms in total. The first-order valence-corrected chi connectivity index (χ1v) is 5.30. The maximum atomic E-state index is 11.3. The van der Waals surface area contributed by atoms with Crippen molar-refractivity contribution in [1.82, 2.24) is 0 Å². The van der Waals surface area contributed by atoms with E-state index in [9.17, 15) is 9.59 Å². The van der Waals surface area contributed by atoms with E-state index in [1.165, 1.54) is 18.2 Å². The van der Waals surface area contributed by atoms with Gasteiger partial charge in [-0.1, -0.05) is 24.9 Å². The second-order valence-electron chi connectivity index (χ2n) is 3.23. The Bertz CT molecular complexity index is 388. The summed E-state index contributed by atoms with van der Waals surface area (Å²) in [5.41, 5.74) is 0.374. The van der Waals surface area contributed by atoms with Gasteiger partial charge in [0.05, 0.1) is 5.02 Å². The molecule has 4 heteroatoms. The van der Waals surface area contributed by atoms with Crippen LogP contribution in [0.25, 0.3) is 0 Å². The van der Waals surface area contributed by atoms with Gasteiger partial charge in [-0.05, 0) is 18.6 Å². The molecule has 0 spiro atoms. The number of unbranched alkanes of at least 4 members (excludes halogenated alkanes) is 1. The Morgan fingerprint density at radius 1 is 1.50 bits per heavy atom. The predicted octanol–water partition coefficient (Wildman–Crippen LogP) is 3.06. The van der Waals surface area contributed by atoms with Crippen LogP contribution in [-0.4, -0.2) is 12.3 Å². The van der Waals surface area contributed by atoms with E-state index in [0.29, 0.717) is 36.9 Å². The first kappa shape index (κ1) is 12.7. The van der Waals surface area contributed by atoms with Gasteiger partial charge in [-0.2, -0.15) is 0 Å². The lowest BCUT2D eigenvalue weighted by Gasteiger charge is -2.04. The molecule has 0 saturated heterocycles. The van der Waals surface area contributed by atoms with Gasteiger partial charge in [0, 0.05) is 18.1 Å². The normalized spacial score (nSPS) is 9.88. The van der Waals surface area contributed by atoms with Gasteiger partial charge in [-0.15, -0.1) is 0 Å². The van der Waals surface area contributed by atoms with Crippen molar-refractivity contribution in [2.24, 2.45) is 0 Å². The van der Waals surface area contributed by atoms with Gasteiger partial charge in [0.1, 0.15) is 5.75 Å². The van der Waals surface area contributed by atoms with Crippen LogP contribution in [0.2, 0.25) is 5.02 Å². The highest BCUT2D eigenvalue weighted by molar-refractivity contribution is 6.33. The van der Waals surface area contributed by atoms with Crippen molar-refractivity contribution in [1.29, 1.82) is 0 Å². The van der Waals surface area contributed by atoms with E-state index in [4.69, 9.17) is 16.3 Å². The molecule has 85 valence electrons. The lowest BCUT2D eigenvalue weighted by molar-refractivity contribution is -0.134. The average molecular weight is 240 g/mol. The zero-order valence-electron chi connectivity index (χ0n) is 8.74. The van der Waals surface area contributed by atoms with Crippen LogP contribution in [0.5, 0.6) is 5.75 Å². The number of esters is 1. The van der Waals surface area contributed by atoms with Gasteiger partial charge >= 0.3 is 5.97 Å². The number of halogens is 1. The molecule has 0 aliphatic rings. The van der Waals surface area contributed by atoms with Crippen LogP contribution in [-0.2, 0) is 4.79 Å². The lowest BCUT2D eigenvalue weighted by atomic mass is 10.2. The van der Waals surface area contributed by atoms with Crippen molar-refractivity contribution in [2.75, 3.05) is 0 Å². The largest absolute Gasteiger partial charge is 0.426 e. The Morgan fingerprint density at radius 3 is 2.81 bits per heavy atom. The van der Waals surface area contributed by atoms with Gasteiger partial charge in [-0.3, -0.25) is 9.59 Å². The SMILES string of the molecule is [CH2]CCCC(=O)Oc1ccc(C=O)c(Cl)c1. The molecule has 0 heterocycles. The van der Waals surface area contributed by atoms with E-state index in [0.717, 1.165) is 0 Å². The zero-order valence-corrected chi connectivity index (χ0v) is 9.50. The predicted molar refractivity (Wildman–Crippen MR) is 61.7 cm³/mol. The van der Waals surface area contributed by atoms with Crippen LogP contribution in [0.4, 0.5) is 0 Å². The molecule has 0 bridgehead atoms. The second kappa shape index (κ2) is 6.28. The summed E-state index contributed by atoms with van der Waals surface area (Å²) < 4.78 is 5.03. The number of aldehydes is 1. The standard InChI is InChI=1S/C12H12ClO3/c1-2-3-4-12(15)16-10-6-5-9(8-14)11(13)7-10/h5-8H,1-4H2. The van der Waals surface area contributed by atoms with Crippen LogP contribution in [0, 0.1) is 6.92 Å². The van der Waals surface area contributed by atoms with Crippen molar-refractivity contribution in [3.63, 3.8) is 0 Å². The highest BCUT2D eigenvalue weighted by atomic mass is 35.5. The van der Waals surface area contributed by atoms with Crippen LogP contribution in [0.3, 0.4) is 0 Å². The number of carbonyl (C=O) groups is 2. The Morgan fingerprint density at radius 2 is 2.25 bits per heavy atom. The van der Waals surface area contributed by atoms with E-state index in [2.05, 4.69) is 6.92 Å². The summed E-state index contributed by atoms with van der Waals surface area (Å²) in [5.74, 6) is 0.0308. The molecule has 1 aromatic rings. The Hall–Kier alpha value is -1.35. The van der Waals surface area contributed by atoms with Gasteiger partial charge in [0.15, 0.2) is 6.29 Å². The van der Waals surface area contributed by atoms with Crippen LogP contribution in [0.15, 0.2) is 18.2 Å². The monoisotopic (exact) mass is 239 g/mol.